The molecule has 0 radical (unpaired) electrons. The van der Waals surface area contributed by atoms with Crippen molar-refractivity contribution in [2.45, 2.75) is 64.4 Å². The first kappa shape index (κ1) is 22.4. The third kappa shape index (κ3) is 6.72. The van der Waals surface area contributed by atoms with Gasteiger partial charge in [0.05, 0.1) is 12.4 Å². The first-order chi connectivity index (χ1) is 18.9. The highest BCUT2D eigenvalue weighted by molar-refractivity contribution is 7.91. The molecule has 3 atom stereocenters. The topological polar surface area (TPSA) is 85.8 Å². The molecule has 2 aromatic rings. The molecule has 0 bridgehead atoms. The van der Waals surface area contributed by atoms with Crippen molar-refractivity contribution in [3.8, 4) is 16.9 Å². The Hall–Kier alpha value is -2.75. The number of aromatic nitrogens is 1. The van der Waals surface area contributed by atoms with E-state index in [2.05, 4.69) is 4.98 Å². The SMILES string of the molecule is [2H]CC([2H])CS(=O)(=O)c1ccc(-c2cc(F)c(OCC3CCN(C(=O)OC(C)C([2H])C[2H])CC3)c(F)c2)c(C)n1. The summed E-state index contributed by atoms with van der Waals surface area (Å²) in [5.74, 6) is -2.96. The fourth-order valence-corrected chi connectivity index (χ4v) is 4.91. The summed E-state index contributed by atoms with van der Waals surface area (Å²) in [5.41, 5.74) is 0.722. The van der Waals surface area contributed by atoms with E-state index in [4.69, 9.17) is 15.0 Å². The number of ether oxygens (including phenoxy) is 2. The van der Waals surface area contributed by atoms with E-state index in [1.54, 1.807) is 6.92 Å². The Kier molecular flexibility index (Phi) is 7.48. The number of pyridine rings is 1. The largest absolute Gasteiger partial charge is 0.487 e. The first-order valence-corrected chi connectivity index (χ1v) is 13.2. The van der Waals surface area contributed by atoms with Gasteiger partial charge in [-0.05, 0) is 75.2 Å². The van der Waals surface area contributed by atoms with Crippen LogP contribution in [0.5, 0.6) is 5.75 Å². The number of rotatable bonds is 9. The quantitative estimate of drug-likeness (QED) is 0.425. The van der Waals surface area contributed by atoms with Crippen LogP contribution in [0.4, 0.5) is 13.6 Å². The smallest absolute Gasteiger partial charge is 0.410 e. The number of nitrogens with zero attached hydrogens (tertiary/aromatic N) is 2. The van der Waals surface area contributed by atoms with E-state index >= 15 is 0 Å². The van der Waals surface area contributed by atoms with Crippen molar-refractivity contribution in [1.82, 2.24) is 9.88 Å². The summed E-state index contributed by atoms with van der Waals surface area (Å²) in [7, 11) is -3.88. The molecule has 0 N–H and O–H groups in total. The second-order valence-electron chi connectivity index (χ2n) is 8.69. The van der Waals surface area contributed by atoms with E-state index in [1.807, 2.05) is 0 Å². The van der Waals surface area contributed by atoms with Crippen LogP contribution in [0.15, 0.2) is 29.3 Å². The molecule has 0 aliphatic carbocycles. The molecule has 1 saturated heterocycles. The van der Waals surface area contributed by atoms with Gasteiger partial charge in [-0.25, -0.2) is 27.0 Å². The van der Waals surface area contributed by atoms with Gasteiger partial charge in [0.15, 0.2) is 32.2 Å². The lowest BCUT2D eigenvalue weighted by molar-refractivity contribution is 0.0537. The molecule has 3 unspecified atom stereocenters. The maximum absolute atomic E-state index is 14.9. The van der Waals surface area contributed by atoms with Crippen LogP contribution in [0.25, 0.3) is 11.1 Å². The molecule has 10 heteroatoms. The molecule has 0 spiro atoms. The van der Waals surface area contributed by atoms with E-state index in [0.717, 1.165) is 12.1 Å². The van der Waals surface area contributed by atoms with Crippen molar-refractivity contribution in [1.29, 1.82) is 0 Å². The summed E-state index contributed by atoms with van der Waals surface area (Å²) >= 11 is 0. The minimum absolute atomic E-state index is 0.0442. The van der Waals surface area contributed by atoms with Crippen LogP contribution < -0.4 is 4.74 Å². The average Bonchev–Trinajstić information content (AvgIpc) is 2.91. The standard InChI is InChI=1S/C26H34F2N2O5S/c1-5-13-36(32,33)24-8-7-21(18(4)29-24)20-14-22(27)25(23(28)15-20)34-16-19-9-11-30(12-10-19)26(31)35-17(3)6-2/h7-8,14-15,17,19H,5-6,9-13,16H2,1-4H3/i1D,2D,5D,6D. The zero-order valence-electron chi connectivity index (χ0n) is 24.4. The van der Waals surface area contributed by atoms with Crippen molar-refractivity contribution >= 4 is 15.9 Å². The molecule has 1 aromatic heterocycles. The van der Waals surface area contributed by atoms with E-state index < -0.39 is 58.0 Å². The maximum Gasteiger partial charge on any atom is 0.410 e. The summed E-state index contributed by atoms with van der Waals surface area (Å²) in [4.78, 5) is 17.9. The van der Waals surface area contributed by atoms with Crippen molar-refractivity contribution < 1.29 is 36.9 Å². The number of aryl methyl sites for hydroxylation is 1. The van der Waals surface area contributed by atoms with Crippen LogP contribution >= 0.6 is 0 Å². The number of sulfone groups is 1. The van der Waals surface area contributed by atoms with Gasteiger partial charge in [0.1, 0.15) is 6.10 Å². The van der Waals surface area contributed by atoms with E-state index in [0.29, 0.717) is 31.5 Å². The lowest BCUT2D eigenvalue weighted by Crippen LogP contribution is -2.41. The van der Waals surface area contributed by atoms with Gasteiger partial charge in [-0.15, -0.1) is 0 Å². The van der Waals surface area contributed by atoms with Gasteiger partial charge >= 0.3 is 6.09 Å². The second-order valence-corrected chi connectivity index (χ2v) is 10.7. The molecule has 198 valence electrons. The second kappa shape index (κ2) is 12.0. The predicted octanol–water partition coefficient (Wildman–Crippen LogP) is 5.54. The molecule has 1 aromatic carbocycles. The fraction of sp³-hybridized carbons (Fsp3) is 0.538. The monoisotopic (exact) mass is 528 g/mol. The van der Waals surface area contributed by atoms with Gasteiger partial charge in [-0.2, -0.15) is 0 Å². The number of hydrogen-bond acceptors (Lipinski definition) is 6. The van der Waals surface area contributed by atoms with Gasteiger partial charge in [0, 0.05) is 29.8 Å². The van der Waals surface area contributed by atoms with Crippen LogP contribution in [0.3, 0.4) is 0 Å². The summed E-state index contributed by atoms with van der Waals surface area (Å²) in [6.07, 6.45) is -2.08. The van der Waals surface area contributed by atoms with E-state index in [-0.39, 0.29) is 42.6 Å². The van der Waals surface area contributed by atoms with E-state index in [1.165, 1.54) is 24.0 Å². The van der Waals surface area contributed by atoms with Gasteiger partial charge in [0.25, 0.3) is 0 Å². The number of piperidine rings is 1. The normalized spacial score (nSPS) is 18.8. The molecule has 36 heavy (non-hydrogen) atoms. The third-order valence-corrected chi connectivity index (χ3v) is 7.52. The molecular weight excluding hydrogens is 490 g/mol. The lowest BCUT2D eigenvalue weighted by Gasteiger charge is -2.32. The number of carbonyl (C=O) groups is 1. The molecule has 0 saturated carbocycles. The summed E-state index contributed by atoms with van der Waals surface area (Å²) in [6.45, 7) is 3.35. The van der Waals surface area contributed by atoms with Gasteiger partial charge in [-0.3, -0.25) is 0 Å². The Morgan fingerprint density at radius 2 is 1.94 bits per heavy atom. The molecule has 7 nitrogen and oxygen atoms in total. The highest BCUT2D eigenvalue weighted by Crippen LogP contribution is 2.32. The van der Waals surface area contributed by atoms with Gasteiger partial charge in [0.2, 0.25) is 0 Å². The van der Waals surface area contributed by atoms with Crippen molar-refractivity contribution in [2.75, 3.05) is 25.4 Å². The third-order valence-electron chi connectivity index (χ3n) is 5.98. The first-order valence-electron chi connectivity index (χ1n) is 14.1. The molecule has 1 aliphatic heterocycles. The molecule has 3 rings (SSSR count). The van der Waals surface area contributed by atoms with Gasteiger partial charge in [-0.1, -0.05) is 13.8 Å². The lowest BCUT2D eigenvalue weighted by atomic mass is 9.98. The van der Waals surface area contributed by atoms with Crippen LogP contribution in [-0.4, -0.2) is 55.9 Å². The fourth-order valence-electron chi connectivity index (χ4n) is 3.88. The van der Waals surface area contributed by atoms with Crippen molar-refractivity contribution in [3.63, 3.8) is 0 Å². The highest BCUT2D eigenvalue weighted by atomic mass is 32.2. The molecule has 1 amide bonds. The van der Waals surface area contributed by atoms with Crippen LogP contribution in [0.2, 0.25) is 0 Å². The summed E-state index contributed by atoms with van der Waals surface area (Å²) in [6, 6.07) is 4.80. The van der Waals surface area contributed by atoms with Crippen molar-refractivity contribution in [3.05, 3.63) is 41.6 Å². The maximum atomic E-state index is 14.9. The number of carbonyl (C=O) groups excluding carboxylic acids is 1. The Morgan fingerprint density at radius 3 is 2.56 bits per heavy atom. The molecular formula is C26H34F2N2O5S. The molecule has 1 aliphatic rings. The minimum Gasteiger partial charge on any atom is -0.487 e. The Balaban J connectivity index is 1.62. The van der Waals surface area contributed by atoms with Crippen LogP contribution in [-0.2, 0) is 14.6 Å². The van der Waals surface area contributed by atoms with Gasteiger partial charge < -0.3 is 14.4 Å². The number of hydrogen-bond donors (Lipinski definition) is 0. The Labute approximate surface area is 217 Å². The summed E-state index contributed by atoms with van der Waals surface area (Å²) in [5, 5.41) is -0.261. The number of amides is 1. The number of likely N-dealkylation sites (tertiary alicyclic amines) is 1. The van der Waals surface area contributed by atoms with Crippen molar-refractivity contribution in [2.24, 2.45) is 5.92 Å². The zero-order chi connectivity index (χ0) is 29.6. The van der Waals surface area contributed by atoms with E-state index in [9.17, 15) is 22.0 Å². The molecule has 2 heterocycles. The number of halogens is 2. The Bertz CT molecular complexity index is 1270. The Morgan fingerprint density at radius 1 is 1.25 bits per heavy atom. The minimum atomic E-state index is -3.88. The average molecular weight is 529 g/mol. The van der Waals surface area contributed by atoms with Crippen LogP contribution in [0, 0.1) is 24.5 Å². The summed E-state index contributed by atoms with van der Waals surface area (Å²) < 4.78 is 95.0. The van der Waals surface area contributed by atoms with Crippen LogP contribution in [0.1, 0.15) is 57.5 Å². The highest BCUT2D eigenvalue weighted by Gasteiger charge is 2.26. The predicted molar refractivity (Wildman–Crippen MR) is 133 cm³/mol. The number of benzene rings is 1. The molecule has 1 fully saturated rings. The zero-order valence-corrected chi connectivity index (χ0v) is 21.2.